The monoisotopic (exact) mass is 568 g/mol. The maximum absolute atomic E-state index is 13.5. The first kappa shape index (κ1) is 27.8. The number of carbonyl (C=O) groups excluding carboxylic acids is 2. The molecule has 0 saturated carbocycles. The van der Waals surface area contributed by atoms with Gasteiger partial charge in [-0.25, -0.2) is 0 Å². The van der Waals surface area contributed by atoms with E-state index in [1.165, 1.54) is 18.9 Å². The predicted molar refractivity (Wildman–Crippen MR) is 138 cm³/mol. The van der Waals surface area contributed by atoms with Crippen molar-refractivity contribution in [1.82, 2.24) is 14.7 Å². The Balaban J connectivity index is 1.66. The second-order valence-electron chi connectivity index (χ2n) is 8.90. The number of rotatable bonds is 7. The fourth-order valence-electron chi connectivity index (χ4n) is 4.65. The minimum atomic E-state index is -4.75. The molecule has 0 radical (unpaired) electrons. The summed E-state index contributed by atoms with van der Waals surface area (Å²) in [6.07, 6.45) is -3.95. The molecule has 1 aromatic heterocycles. The first-order chi connectivity index (χ1) is 18.0. The molecule has 1 amide bonds. The first-order valence-electron chi connectivity index (χ1n) is 11.7. The lowest BCUT2D eigenvalue weighted by atomic mass is 9.89. The first-order valence-corrected chi connectivity index (χ1v) is 12.5. The van der Waals surface area contributed by atoms with Crippen LogP contribution in [0.15, 0.2) is 48.5 Å². The molecule has 2 heterocycles. The number of aldehydes is 1. The van der Waals surface area contributed by atoms with E-state index in [1.54, 1.807) is 36.4 Å². The molecule has 202 valence electrons. The molecule has 1 aliphatic rings. The third kappa shape index (κ3) is 5.61. The smallest absolute Gasteiger partial charge is 0.436 e. The molecule has 12 heteroatoms. The number of nitrogens with zero attached hydrogens (tertiary/aromatic N) is 4. The van der Waals surface area contributed by atoms with Gasteiger partial charge in [0.2, 0.25) is 5.91 Å². The number of ether oxygens (including phenoxy) is 1. The average molecular weight is 569 g/mol. The highest BCUT2D eigenvalue weighted by Crippen LogP contribution is 2.36. The number of aromatic nitrogens is 2. The van der Waals surface area contributed by atoms with Gasteiger partial charge in [0, 0.05) is 31.4 Å². The molecular formula is C26H25Cl2F3N4O3. The molecule has 1 aliphatic heterocycles. The number of alkyl halides is 3. The lowest BCUT2D eigenvalue weighted by Gasteiger charge is -2.44. The Morgan fingerprint density at radius 3 is 2.50 bits per heavy atom. The van der Waals surface area contributed by atoms with E-state index < -0.39 is 41.3 Å². The summed E-state index contributed by atoms with van der Waals surface area (Å²) in [7, 11) is 1.51. The van der Waals surface area contributed by atoms with Crippen LogP contribution in [0.4, 0.5) is 18.9 Å². The van der Waals surface area contributed by atoms with Gasteiger partial charge in [-0.2, -0.15) is 18.3 Å². The highest BCUT2D eigenvalue weighted by molar-refractivity contribution is 6.32. The molecule has 0 bridgehead atoms. The van der Waals surface area contributed by atoms with Gasteiger partial charge < -0.3 is 19.3 Å². The Morgan fingerprint density at radius 2 is 1.89 bits per heavy atom. The number of benzene rings is 2. The Labute approximate surface area is 227 Å². The van der Waals surface area contributed by atoms with Gasteiger partial charge in [-0.15, -0.1) is 0 Å². The van der Waals surface area contributed by atoms with Crippen LogP contribution in [0.25, 0.3) is 0 Å². The minimum absolute atomic E-state index is 0.0331. The second kappa shape index (κ2) is 11.2. The van der Waals surface area contributed by atoms with Gasteiger partial charge in [0.15, 0.2) is 5.69 Å². The number of hydrogen-bond donors (Lipinski definition) is 0. The summed E-state index contributed by atoms with van der Waals surface area (Å²) in [6.45, 7) is 1.86. The lowest BCUT2D eigenvalue weighted by Crippen LogP contribution is -2.58. The molecule has 2 atom stereocenters. The van der Waals surface area contributed by atoms with Crippen LogP contribution in [0.5, 0.6) is 5.75 Å². The van der Waals surface area contributed by atoms with Crippen molar-refractivity contribution in [3.05, 3.63) is 75.5 Å². The summed E-state index contributed by atoms with van der Waals surface area (Å²) in [5.41, 5.74) is 0.312. The van der Waals surface area contributed by atoms with Crippen molar-refractivity contribution in [2.24, 2.45) is 0 Å². The number of piperazine rings is 1. The van der Waals surface area contributed by atoms with E-state index in [4.69, 9.17) is 27.9 Å². The van der Waals surface area contributed by atoms with Crippen molar-refractivity contribution in [2.75, 3.05) is 31.6 Å². The molecule has 2 aromatic carbocycles. The van der Waals surface area contributed by atoms with Crippen LogP contribution >= 0.6 is 23.2 Å². The lowest BCUT2D eigenvalue weighted by molar-refractivity contribution is -0.142. The van der Waals surface area contributed by atoms with E-state index in [0.717, 1.165) is 22.2 Å². The summed E-state index contributed by atoms with van der Waals surface area (Å²) in [5, 5.41) is 3.46. The SMILES string of the molecule is COc1cc(N2CCN(C(=O)Cn3nc(C(F)(F)F)c(Cl)c3C)C(C(C=O)c3ccccc3)C2)ccc1Cl. The number of anilines is 1. The average Bonchev–Trinajstić information content (AvgIpc) is 3.19. The Morgan fingerprint density at radius 1 is 1.18 bits per heavy atom. The van der Waals surface area contributed by atoms with E-state index in [9.17, 15) is 22.8 Å². The summed E-state index contributed by atoms with van der Waals surface area (Å²) < 4.78 is 46.2. The maximum Gasteiger partial charge on any atom is 0.436 e. The number of hydrogen-bond acceptors (Lipinski definition) is 5. The second-order valence-corrected chi connectivity index (χ2v) is 9.68. The molecule has 38 heavy (non-hydrogen) atoms. The van der Waals surface area contributed by atoms with Gasteiger partial charge in [-0.3, -0.25) is 9.48 Å². The van der Waals surface area contributed by atoms with Crippen LogP contribution in [0.2, 0.25) is 10.0 Å². The van der Waals surface area contributed by atoms with Crippen LogP contribution < -0.4 is 9.64 Å². The predicted octanol–water partition coefficient (Wildman–Crippen LogP) is 5.23. The number of halogens is 5. The van der Waals surface area contributed by atoms with E-state index in [0.29, 0.717) is 23.9 Å². The van der Waals surface area contributed by atoms with E-state index in [-0.39, 0.29) is 12.2 Å². The van der Waals surface area contributed by atoms with E-state index in [1.807, 2.05) is 17.0 Å². The van der Waals surface area contributed by atoms with Crippen LogP contribution in [0.3, 0.4) is 0 Å². The van der Waals surface area contributed by atoms with Crippen LogP contribution in [0, 0.1) is 6.92 Å². The molecule has 0 N–H and O–H groups in total. The van der Waals surface area contributed by atoms with E-state index in [2.05, 4.69) is 5.10 Å². The molecule has 2 unspecified atom stereocenters. The van der Waals surface area contributed by atoms with Crippen molar-refractivity contribution in [1.29, 1.82) is 0 Å². The number of carbonyl (C=O) groups is 2. The third-order valence-corrected chi connectivity index (χ3v) is 7.44. The zero-order valence-electron chi connectivity index (χ0n) is 20.6. The van der Waals surface area contributed by atoms with E-state index >= 15 is 0 Å². The Kier molecular flexibility index (Phi) is 8.22. The third-order valence-electron chi connectivity index (χ3n) is 6.67. The van der Waals surface area contributed by atoms with Crippen molar-refractivity contribution in [3.8, 4) is 5.75 Å². The summed E-state index contributed by atoms with van der Waals surface area (Å²) >= 11 is 12.1. The number of methoxy groups -OCH3 is 1. The van der Waals surface area contributed by atoms with Gasteiger partial charge in [-0.05, 0) is 24.6 Å². The minimum Gasteiger partial charge on any atom is -0.495 e. The fourth-order valence-corrected chi connectivity index (χ4v) is 5.09. The number of amides is 1. The van der Waals surface area contributed by atoms with Crippen molar-refractivity contribution >= 4 is 41.1 Å². The molecule has 0 aliphatic carbocycles. The zero-order valence-corrected chi connectivity index (χ0v) is 22.1. The van der Waals surface area contributed by atoms with Crippen LogP contribution in [-0.4, -0.2) is 59.7 Å². The maximum atomic E-state index is 13.5. The van der Waals surface area contributed by atoms with Gasteiger partial charge in [0.1, 0.15) is 18.6 Å². The van der Waals surface area contributed by atoms with Crippen molar-refractivity contribution in [2.45, 2.75) is 31.6 Å². The van der Waals surface area contributed by atoms with Crippen LogP contribution in [-0.2, 0) is 22.3 Å². The summed E-state index contributed by atoms with van der Waals surface area (Å²) in [4.78, 5) is 29.4. The van der Waals surface area contributed by atoms with Crippen LogP contribution in [0.1, 0.15) is 22.9 Å². The fraction of sp³-hybridized carbons (Fsp3) is 0.346. The molecule has 0 spiro atoms. The molecular weight excluding hydrogens is 544 g/mol. The van der Waals surface area contributed by atoms with Gasteiger partial charge in [-0.1, -0.05) is 53.5 Å². The Hall–Kier alpha value is -3.24. The molecule has 4 rings (SSSR count). The molecule has 1 saturated heterocycles. The zero-order chi connectivity index (χ0) is 27.6. The van der Waals surface area contributed by atoms with Crippen molar-refractivity contribution in [3.63, 3.8) is 0 Å². The standard InChI is InChI=1S/C26H25Cl2F3N4O3/c1-16-24(28)25(26(29,30)31)32-35(16)14-23(37)34-11-10-33(18-8-9-20(27)22(12-18)38-2)13-21(34)19(15-36)17-6-4-3-5-7-17/h3-9,12,15,19,21H,10-11,13-14H2,1-2H3. The molecule has 3 aromatic rings. The van der Waals surface area contributed by atoms with Gasteiger partial charge in [0.25, 0.3) is 0 Å². The van der Waals surface area contributed by atoms with Gasteiger partial charge >= 0.3 is 6.18 Å². The molecule has 7 nitrogen and oxygen atoms in total. The Bertz CT molecular complexity index is 1320. The largest absolute Gasteiger partial charge is 0.495 e. The topological polar surface area (TPSA) is 67.7 Å². The quantitative estimate of drug-likeness (QED) is 0.365. The van der Waals surface area contributed by atoms with Crippen molar-refractivity contribution < 1.29 is 27.5 Å². The summed E-state index contributed by atoms with van der Waals surface area (Å²) in [5.74, 6) is -0.659. The normalized spacial score (nSPS) is 16.9. The molecule has 1 fully saturated rings. The van der Waals surface area contributed by atoms with Gasteiger partial charge in [0.05, 0.1) is 34.8 Å². The summed E-state index contributed by atoms with van der Waals surface area (Å²) in [6, 6.07) is 13.7. The highest BCUT2D eigenvalue weighted by Gasteiger charge is 2.40. The highest BCUT2D eigenvalue weighted by atomic mass is 35.5.